The van der Waals surface area contributed by atoms with Crippen LogP contribution >= 0.6 is 11.3 Å². The van der Waals surface area contributed by atoms with Crippen LogP contribution in [0.2, 0.25) is 0 Å². The number of hydrogen-bond donors (Lipinski definition) is 1. The summed E-state index contributed by atoms with van der Waals surface area (Å²) in [7, 11) is 1.60. The molecule has 4 rings (SSSR count). The largest absolute Gasteiger partial charge is 0.497 e. The number of thiazole rings is 1. The van der Waals surface area contributed by atoms with E-state index in [1.165, 1.54) is 10.6 Å². The quantitative estimate of drug-likeness (QED) is 0.877. The van der Waals surface area contributed by atoms with Crippen molar-refractivity contribution >= 4 is 23.2 Å². The first-order chi connectivity index (χ1) is 13.2. The van der Waals surface area contributed by atoms with Gasteiger partial charge in [0.25, 0.3) is 5.91 Å². The van der Waals surface area contributed by atoms with E-state index in [0.29, 0.717) is 24.3 Å². The summed E-state index contributed by atoms with van der Waals surface area (Å²) in [6.07, 6.45) is 4.21. The fourth-order valence-corrected chi connectivity index (χ4v) is 4.80. The number of ether oxygens (including phenoxy) is 1. The van der Waals surface area contributed by atoms with Crippen molar-refractivity contribution in [3.63, 3.8) is 0 Å². The molecule has 142 valence electrons. The van der Waals surface area contributed by atoms with Crippen LogP contribution in [0.25, 0.3) is 0 Å². The molecule has 1 aromatic heterocycles. The number of aryl methyl sites for hydroxylation is 1. The number of aromatic nitrogens is 1. The summed E-state index contributed by atoms with van der Waals surface area (Å²) >= 11 is 1.66. The highest BCUT2D eigenvalue weighted by Gasteiger charge is 2.35. The average Bonchev–Trinajstić information content (AvgIpc) is 3.36. The molecule has 2 aromatic rings. The van der Waals surface area contributed by atoms with Gasteiger partial charge in [-0.3, -0.25) is 9.59 Å². The van der Waals surface area contributed by atoms with Gasteiger partial charge in [0.2, 0.25) is 5.91 Å². The van der Waals surface area contributed by atoms with E-state index < -0.39 is 0 Å². The zero-order valence-electron chi connectivity index (χ0n) is 15.3. The normalized spacial score (nSPS) is 21.6. The first-order valence-electron chi connectivity index (χ1n) is 9.32. The first kappa shape index (κ1) is 18.0. The van der Waals surface area contributed by atoms with E-state index in [4.69, 9.17) is 4.74 Å². The maximum atomic E-state index is 12.9. The van der Waals surface area contributed by atoms with Gasteiger partial charge in [-0.25, -0.2) is 4.98 Å². The number of carbonyl (C=O) groups excluding carboxylic acids is 2. The van der Waals surface area contributed by atoms with Gasteiger partial charge in [0.1, 0.15) is 11.8 Å². The minimum absolute atomic E-state index is 0.0349. The highest BCUT2D eigenvalue weighted by atomic mass is 32.1. The third kappa shape index (κ3) is 3.69. The fraction of sp³-hybridized carbons (Fsp3) is 0.450. The Hall–Kier alpha value is -2.41. The van der Waals surface area contributed by atoms with Crippen LogP contribution in [0, 0.1) is 0 Å². The maximum absolute atomic E-state index is 12.9. The third-order valence-corrected chi connectivity index (χ3v) is 6.28. The highest BCUT2D eigenvalue weighted by Crippen LogP contribution is 2.25. The monoisotopic (exact) mass is 385 g/mol. The fourth-order valence-electron chi connectivity index (χ4n) is 3.90. The van der Waals surface area contributed by atoms with Gasteiger partial charge < -0.3 is 15.0 Å². The summed E-state index contributed by atoms with van der Waals surface area (Å²) in [5, 5.41) is 3.17. The number of nitrogens with one attached hydrogen (secondary N) is 1. The predicted molar refractivity (Wildman–Crippen MR) is 103 cm³/mol. The Balaban J connectivity index is 1.41. The van der Waals surface area contributed by atoms with Gasteiger partial charge in [0.05, 0.1) is 18.3 Å². The smallest absolute Gasteiger partial charge is 0.254 e. The van der Waals surface area contributed by atoms with Gasteiger partial charge in [-0.15, -0.1) is 11.3 Å². The Morgan fingerprint density at radius 3 is 2.85 bits per heavy atom. The molecule has 0 saturated carbocycles. The molecule has 1 aromatic carbocycles. The minimum Gasteiger partial charge on any atom is -0.497 e. The minimum atomic E-state index is -0.387. The van der Waals surface area contributed by atoms with Crippen LogP contribution in [-0.2, 0) is 17.6 Å². The number of nitrogens with zero attached hydrogens (tertiary/aromatic N) is 2. The van der Waals surface area contributed by atoms with Gasteiger partial charge in [0, 0.05) is 29.4 Å². The Labute approximate surface area is 162 Å². The van der Waals surface area contributed by atoms with Gasteiger partial charge >= 0.3 is 0 Å². The molecule has 0 spiro atoms. The second-order valence-electron chi connectivity index (χ2n) is 7.06. The summed E-state index contributed by atoms with van der Waals surface area (Å²) in [5.74, 6) is 0.581. The molecule has 2 atom stereocenters. The van der Waals surface area contributed by atoms with Crippen molar-refractivity contribution in [1.29, 1.82) is 0 Å². The van der Waals surface area contributed by atoms with Crippen LogP contribution in [0.4, 0.5) is 0 Å². The van der Waals surface area contributed by atoms with E-state index in [1.807, 2.05) is 5.51 Å². The number of rotatable bonds is 4. The molecule has 1 fully saturated rings. The maximum Gasteiger partial charge on any atom is 0.254 e. The van der Waals surface area contributed by atoms with Gasteiger partial charge in [0.15, 0.2) is 0 Å². The van der Waals surface area contributed by atoms with Gasteiger partial charge in [-0.1, -0.05) is 0 Å². The topological polar surface area (TPSA) is 71.5 Å². The van der Waals surface area contributed by atoms with E-state index in [-0.39, 0.29) is 23.9 Å². The van der Waals surface area contributed by atoms with E-state index in [9.17, 15) is 9.59 Å². The van der Waals surface area contributed by atoms with Crippen LogP contribution in [0.5, 0.6) is 5.75 Å². The molecule has 0 bridgehead atoms. The molecule has 1 saturated heterocycles. The lowest BCUT2D eigenvalue weighted by molar-refractivity contribution is -0.125. The van der Waals surface area contributed by atoms with Crippen molar-refractivity contribution in [1.82, 2.24) is 15.2 Å². The third-order valence-electron chi connectivity index (χ3n) is 5.39. The van der Waals surface area contributed by atoms with E-state index in [0.717, 1.165) is 25.7 Å². The lowest BCUT2D eigenvalue weighted by atomic mass is 9.97. The molecular formula is C20H23N3O3S. The Morgan fingerprint density at radius 1 is 1.26 bits per heavy atom. The molecule has 1 aliphatic heterocycles. The summed E-state index contributed by atoms with van der Waals surface area (Å²) in [4.78, 5) is 33.1. The Kier molecular flexibility index (Phi) is 5.11. The van der Waals surface area contributed by atoms with Crippen molar-refractivity contribution in [3.05, 3.63) is 45.9 Å². The Morgan fingerprint density at radius 2 is 2.07 bits per heavy atom. The van der Waals surface area contributed by atoms with Crippen LogP contribution in [0.1, 0.15) is 40.2 Å². The molecular weight excluding hydrogens is 362 g/mol. The molecule has 27 heavy (non-hydrogen) atoms. The Bertz CT molecular complexity index is 833. The van der Waals surface area contributed by atoms with Crippen LogP contribution in [-0.4, -0.2) is 47.4 Å². The predicted octanol–water partition coefficient (Wildman–Crippen LogP) is 2.43. The lowest BCUT2D eigenvalue weighted by Crippen LogP contribution is -2.49. The van der Waals surface area contributed by atoms with Crippen molar-refractivity contribution in [2.75, 3.05) is 13.7 Å². The van der Waals surface area contributed by atoms with Crippen molar-refractivity contribution in [3.8, 4) is 5.75 Å². The summed E-state index contributed by atoms with van der Waals surface area (Å²) in [5.41, 5.74) is 3.63. The molecule has 1 unspecified atom stereocenters. The average molecular weight is 385 g/mol. The van der Waals surface area contributed by atoms with Gasteiger partial charge in [-0.05, 0) is 49.9 Å². The first-order valence-corrected chi connectivity index (χ1v) is 10.2. The molecule has 2 aliphatic rings. The molecule has 2 heterocycles. The van der Waals surface area contributed by atoms with Crippen LogP contribution in [0.3, 0.4) is 0 Å². The molecule has 7 heteroatoms. The second kappa shape index (κ2) is 7.68. The zero-order chi connectivity index (χ0) is 18.8. The van der Waals surface area contributed by atoms with E-state index >= 15 is 0 Å². The summed E-state index contributed by atoms with van der Waals surface area (Å²) in [6.45, 7) is 0.618. The van der Waals surface area contributed by atoms with Crippen LogP contribution in [0.15, 0.2) is 29.8 Å². The van der Waals surface area contributed by atoms with Crippen molar-refractivity contribution in [2.24, 2.45) is 0 Å². The van der Waals surface area contributed by atoms with Crippen LogP contribution < -0.4 is 10.1 Å². The summed E-state index contributed by atoms with van der Waals surface area (Å²) in [6, 6.07) is 6.79. The highest BCUT2D eigenvalue weighted by molar-refractivity contribution is 7.09. The standard InChI is InChI=1S/C20H23N3O3S/c1-26-15-7-4-13(5-8-15)20(25)23-10-2-3-17(23)19(24)22-14-6-9-16-18(11-14)27-12-21-16/h4-5,7-8,12,14,17H,2-3,6,9-11H2,1H3,(H,22,24)/t14-,17?/m0/s1. The molecule has 6 nitrogen and oxygen atoms in total. The van der Waals surface area contributed by atoms with E-state index in [1.54, 1.807) is 47.6 Å². The number of hydrogen-bond acceptors (Lipinski definition) is 5. The van der Waals surface area contributed by atoms with Crippen molar-refractivity contribution in [2.45, 2.75) is 44.2 Å². The number of amides is 2. The number of fused-ring (bicyclic) bond motifs is 1. The summed E-state index contributed by atoms with van der Waals surface area (Å²) < 4.78 is 5.14. The molecule has 0 radical (unpaired) electrons. The van der Waals surface area contributed by atoms with Gasteiger partial charge in [-0.2, -0.15) is 0 Å². The number of likely N-dealkylation sites (tertiary alicyclic amines) is 1. The number of benzene rings is 1. The second-order valence-corrected chi connectivity index (χ2v) is 7.99. The molecule has 1 N–H and O–H groups in total. The van der Waals surface area contributed by atoms with E-state index in [2.05, 4.69) is 10.3 Å². The SMILES string of the molecule is COc1ccc(C(=O)N2CCCC2C(=O)N[C@H]2CCc3ncsc3C2)cc1. The lowest BCUT2D eigenvalue weighted by Gasteiger charge is -2.28. The molecule has 1 aliphatic carbocycles. The number of methoxy groups -OCH3 is 1. The molecule has 2 amide bonds. The zero-order valence-corrected chi connectivity index (χ0v) is 16.1. The number of carbonyl (C=O) groups is 2. The van der Waals surface area contributed by atoms with Crippen molar-refractivity contribution < 1.29 is 14.3 Å².